The summed E-state index contributed by atoms with van der Waals surface area (Å²) >= 11 is 0. The standard InChI is InChI=1S/C10H13NO5/c1-9(2)14-4-6(15-9)7-10(5-11,16-7)8(12)13-3/h6-7H,4H2,1-3H3/t6-,7+,10-/m1/s1. The molecular weight excluding hydrogens is 214 g/mol. The van der Waals surface area contributed by atoms with Gasteiger partial charge in [0.25, 0.3) is 5.60 Å². The van der Waals surface area contributed by atoms with Crippen molar-refractivity contribution in [3.8, 4) is 6.07 Å². The molecule has 0 aromatic rings. The largest absolute Gasteiger partial charge is 0.466 e. The normalized spacial score (nSPS) is 40.1. The Morgan fingerprint density at radius 2 is 2.19 bits per heavy atom. The van der Waals surface area contributed by atoms with Crippen LogP contribution in [0.2, 0.25) is 0 Å². The van der Waals surface area contributed by atoms with Crippen LogP contribution >= 0.6 is 0 Å². The van der Waals surface area contributed by atoms with Gasteiger partial charge >= 0.3 is 5.97 Å². The average molecular weight is 227 g/mol. The summed E-state index contributed by atoms with van der Waals surface area (Å²) in [5.41, 5.74) is -1.51. The van der Waals surface area contributed by atoms with Gasteiger partial charge in [0.1, 0.15) is 18.3 Å². The summed E-state index contributed by atoms with van der Waals surface area (Å²) in [7, 11) is 1.22. The van der Waals surface area contributed by atoms with E-state index in [0.29, 0.717) is 6.61 Å². The Bertz CT molecular complexity index is 361. The number of carbonyl (C=O) groups is 1. The van der Waals surface area contributed by atoms with Gasteiger partial charge in [-0.05, 0) is 13.8 Å². The number of methoxy groups -OCH3 is 1. The van der Waals surface area contributed by atoms with Crippen molar-refractivity contribution >= 4 is 5.97 Å². The number of ether oxygens (including phenoxy) is 4. The van der Waals surface area contributed by atoms with Gasteiger partial charge in [-0.2, -0.15) is 5.26 Å². The number of nitrogens with zero attached hydrogens (tertiary/aromatic N) is 1. The van der Waals surface area contributed by atoms with Gasteiger partial charge < -0.3 is 18.9 Å². The maximum Gasteiger partial charge on any atom is 0.356 e. The first-order valence-electron chi connectivity index (χ1n) is 4.94. The zero-order valence-corrected chi connectivity index (χ0v) is 9.35. The highest BCUT2D eigenvalue weighted by Crippen LogP contribution is 2.43. The second-order valence-corrected chi connectivity index (χ2v) is 4.24. The van der Waals surface area contributed by atoms with Gasteiger partial charge in [-0.25, -0.2) is 4.79 Å². The molecule has 0 aliphatic carbocycles. The summed E-state index contributed by atoms with van der Waals surface area (Å²) in [6.07, 6.45) is -1.01. The average Bonchev–Trinajstić information content (AvgIpc) is 2.90. The predicted molar refractivity (Wildman–Crippen MR) is 50.1 cm³/mol. The fourth-order valence-electron chi connectivity index (χ4n) is 1.82. The smallest absolute Gasteiger partial charge is 0.356 e. The number of rotatable bonds is 2. The van der Waals surface area contributed by atoms with E-state index in [1.165, 1.54) is 7.11 Å². The molecule has 0 N–H and O–H groups in total. The summed E-state index contributed by atoms with van der Waals surface area (Å²) in [5.74, 6) is -1.39. The molecule has 2 aliphatic rings. The fraction of sp³-hybridized carbons (Fsp3) is 0.800. The van der Waals surface area contributed by atoms with E-state index >= 15 is 0 Å². The summed E-state index contributed by atoms with van der Waals surface area (Å²) in [6, 6.07) is 1.83. The lowest BCUT2D eigenvalue weighted by atomic mass is 10.0. The van der Waals surface area contributed by atoms with E-state index < -0.39 is 29.6 Å². The molecule has 2 aliphatic heterocycles. The Morgan fingerprint density at radius 1 is 1.50 bits per heavy atom. The van der Waals surface area contributed by atoms with Crippen molar-refractivity contribution in [2.24, 2.45) is 0 Å². The van der Waals surface area contributed by atoms with E-state index in [0.717, 1.165) is 0 Å². The third kappa shape index (κ3) is 1.57. The number of nitriles is 1. The molecule has 2 rings (SSSR count). The molecular formula is C10H13NO5. The van der Waals surface area contributed by atoms with E-state index in [1.807, 2.05) is 6.07 Å². The number of epoxide rings is 1. The summed E-state index contributed by atoms with van der Waals surface area (Å²) in [4.78, 5) is 11.4. The van der Waals surface area contributed by atoms with Crippen LogP contribution in [0.4, 0.5) is 0 Å². The van der Waals surface area contributed by atoms with Crippen LogP contribution in [0.1, 0.15) is 13.8 Å². The summed E-state index contributed by atoms with van der Waals surface area (Å²) in [6.45, 7) is 3.83. The lowest BCUT2D eigenvalue weighted by Crippen LogP contribution is -2.34. The Balaban J connectivity index is 2.06. The number of carbonyl (C=O) groups excluding carboxylic acids is 1. The lowest BCUT2D eigenvalue weighted by Gasteiger charge is -2.16. The molecule has 2 heterocycles. The maximum absolute atomic E-state index is 11.4. The van der Waals surface area contributed by atoms with Crippen molar-refractivity contribution in [3.63, 3.8) is 0 Å². The molecule has 2 fully saturated rings. The minimum Gasteiger partial charge on any atom is -0.466 e. The highest BCUT2D eigenvalue weighted by Gasteiger charge is 2.69. The number of hydrogen-bond acceptors (Lipinski definition) is 6. The van der Waals surface area contributed by atoms with Crippen LogP contribution in [0.5, 0.6) is 0 Å². The van der Waals surface area contributed by atoms with Crippen molar-refractivity contribution < 1.29 is 23.7 Å². The number of esters is 1. The molecule has 0 bridgehead atoms. The third-order valence-corrected chi connectivity index (χ3v) is 2.68. The number of hydrogen-bond donors (Lipinski definition) is 0. The Labute approximate surface area is 93.0 Å². The van der Waals surface area contributed by atoms with Crippen LogP contribution in [0, 0.1) is 11.3 Å². The van der Waals surface area contributed by atoms with Crippen LogP contribution in [-0.2, 0) is 23.7 Å². The van der Waals surface area contributed by atoms with Crippen LogP contribution in [0.25, 0.3) is 0 Å². The molecule has 6 heteroatoms. The topological polar surface area (TPSA) is 81.1 Å². The minimum absolute atomic E-state index is 0.304. The molecule has 0 saturated carbocycles. The van der Waals surface area contributed by atoms with Gasteiger partial charge in [0, 0.05) is 0 Å². The highest BCUT2D eigenvalue weighted by atomic mass is 16.8. The summed E-state index contributed by atoms with van der Waals surface area (Å²) < 4.78 is 20.5. The van der Waals surface area contributed by atoms with E-state index in [9.17, 15) is 4.79 Å². The van der Waals surface area contributed by atoms with Gasteiger partial charge in [-0.15, -0.1) is 0 Å². The zero-order chi connectivity index (χ0) is 12.0. The van der Waals surface area contributed by atoms with E-state index in [4.69, 9.17) is 19.5 Å². The molecule has 16 heavy (non-hydrogen) atoms. The van der Waals surface area contributed by atoms with Crippen LogP contribution < -0.4 is 0 Å². The maximum atomic E-state index is 11.4. The first kappa shape index (κ1) is 11.3. The van der Waals surface area contributed by atoms with Crippen molar-refractivity contribution in [1.82, 2.24) is 0 Å². The van der Waals surface area contributed by atoms with Crippen molar-refractivity contribution in [3.05, 3.63) is 0 Å². The molecule has 0 amide bonds. The van der Waals surface area contributed by atoms with Gasteiger partial charge in [-0.1, -0.05) is 0 Å². The quantitative estimate of drug-likeness (QED) is 0.487. The van der Waals surface area contributed by atoms with Crippen molar-refractivity contribution in [1.29, 1.82) is 5.26 Å². The van der Waals surface area contributed by atoms with Crippen LogP contribution in [-0.4, -0.2) is 43.3 Å². The van der Waals surface area contributed by atoms with Crippen molar-refractivity contribution in [2.45, 2.75) is 37.4 Å². The zero-order valence-electron chi connectivity index (χ0n) is 9.35. The van der Waals surface area contributed by atoms with Crippen molar-refractivity contribution in [2.75, 3.05) is 13.7 Å². The highest BCUT2D eigenvalue weighted by molar-refractivity contribution is 5.87. The molecule has 88 valence electrons. The molecule has 6 nitrogen and oxygen atoms in total. The molecule has 0 aromatic carbocycles. The van der Waals surface area contributed by atoms with Gasteiger partial charge in [0.15, 0.2) is 5.79 Å². The van der Waals surface area contributed by atoms with E-state index in [1.54, 1.807) is 13.8 Å². The summed E-state index contributed by atoms with van der Waals surface area (Å²) in [5, 5.41) is 8.95. The third-order valence-electron chi connectivity index (χ3n) is 2.68. The SMILES string of the molecule is COC(=O)[C@]1(C#N)O[C@H]1[C@H]1COC(C)(C)O1. The van der Waals surface area contributed by atoms with E-state index in [2.05, 4.69) is 4.74 Å². The fourth-order valence-corrected chi connectivity index (χ4v) is 1.82. The lowest BCUT2D eigenvalue weighted by molar-refractivity contribution is -0.145. The molecule has 0 unspecified atom stereocenters. The monoisotopic (exact) mass is 227 g/mol. The Kier molecular flexibility index (Phi) is 2.42. The molecule has 3 atom stereocenters. The predicted octanol–water partition coefficient (Wildman–Crippen LogP) is -0.0279. The first-order chi connectivity index (χ1) is 7.45. The van der Waals surface area contributed by atoms with Crippen LogP contribution in [0.3, 0.4) is 0 Å². The Morgan fingerprint density at radius 3 is 2.62 bits per heavy atom. The van der Waals surface area contributed by atoms with Crippen LogP contribution in [0.15, 0.2) is 0 Å². The Hall–Kier alpha value is -1.16. The van der Waals surface area contributed by atoms with Gasteiger partial charge in [0.2, 0.25) is 0 Å². The first-order valence-corrected chi connectivity index (χ1v) is 4.94. The molecule has 0 radical (unpaired) electrons. The molecule has 2 saturated heterocycles. The van der Waals surface area contributed by atoms with Gasteiger partial charge in [0.05, 0.1) is 13.7 Å². The molecule has 0 spiro atoms. The molecule has 0 aromatic heterocycles. The van der Waals surface area contributed by atoms with Gasteiger partial charge in [-0.3, -0.25) is 0 Å². The second-order valence-electron chi connectivity index (χ2n) is 4.24. The minimum atomic E-state index is -1.51. The van der Waals surface area contributed by atoms with E-state index in [-0.39, 0.29) is 0 Å². The second kappa shape index (κ2) is 3.42.